The summed E-state index contributed by atoms with van der Waals surface area (Å²) in [4.78, 5) is 25.0. The van der Waals surface area contributed by atoms with E-state index in [2.05, 4.69) is 23.7 Å². The third-order valence-corrected chi connectivity index (χ3v) is 5.87. The standard InChI is InChI=1S/C32H33N3O5/c1-5-22-19-25(12-11-23-9-7-6-8-10-23)29(39-17-18-40-31(36)21(2)3)27(20-22)28(32(37)38-4)35-26-15-13-24(14-16-26)30(33)34/h6-10,13-16,19-20,28,35H,2,5,17-18H2,1,3-4H3,(H3,33,34). The summed E-state index contributed by atoms with van der Waals surface area (Å²) >= 11 is 0. The maximum atomic E-state index is 13.1. The molecule has 8 nitrogen and oxygen atoms in total. The van der Waals surface area contributed by atoms with Crippen LogP contribution in [-0.4, -0.2) is 38.1 Å². The SMILES string of the molecule is C=C(C)C(=O)OCCOc1c(C#Cc2ccccc2)cc(CC)cc1C(Nc1ccc(C(=N)N)cc1)C(=O)OC. The van der Waals surface area contributed by atoms with Crippen LogP contribution in [0.15, 0.2) is 78.9 Å². The Morgan fingerprint density at radius 1 is 1.05 bits per heavy atom. The summed E-state index contributed by atoms with van der Waals surface area (Å²) in [7, 11) is 1.31. The van der Waals surface area contributed by atoms with E-state index in [0.29, 0.717) is 34.5 Å². The van der Waals surface area contributed by atoms with Gasteiger partial charge in [-0.1, -0.05) is 43.5 Å². The Balaban J connectivity index is 2.08. The van der Waals surface area contributed by atoms with Crippen molar-refractivity contribution in [1.29, 1.82) is 5.41 Å². The van der Waals surface area contributed by atoms with E-state index < -0.39 is 18.0 Å². The topological polar surface area (TPSA) is 124 Å². The largest absolute Gasteiger partial charge is 0.488 e. The van der Waals surface area contributed by atoms with Crippen LogP contribution in [0.1, 0.15) is 47.7 Å². The fraction of sp³-hybridized carbons (Fsp3) is 0.219. The molecule has 0 saturated heterocycles. The van der Waals surface area contributed by atoms with Gasteiger partial charge in [0, 0.05) is 28.0 Å². The lowest BCUT2D eigenvalue weighted by Crippen LogP contribution is -2.24. The summed E-state index contributed by atoms with van der Waals surface area (Å²) in [6, 6.07) is 19.2. The van der Waals surface area contributed by atoms with Crippen molar-refractivity contribution in [2.45, 2.75) is 26.3 Å². The minimum absolute atomic E-state index is 0.0188. The lowest BCUT2D eigenvalue weighted by atomic mass is 9.96. The van der Waals surface area contributed by atoms with Gasteiger partial charge in [0.1, 0.15) is 24.8 Å². The summed E-state index contributed by atoms with van der Waals surface area (Å²) < 4.78 is 16.5. The molecule has 0 fully saturated rings. The van der Waals surface area contributed by atoms with Gasteiger partial charge in [-0.15, -0.1) is 0 Å². The lowest BCUT2D eigenvalue weighted by Gasteiger charge is -2.23. The Bertz CT molecular complexity index is 1440. The van der Waals surface area contributed by atoms with Crippen LogP contribution in [0.2, 0.25) is 0 Å². The second kappa shape index (κ2) is 14.2. The van der Waals surface area contributed by atoms with Crippen LogP contribution in [0.3, 0.4) is 0 Å². The molecule has 0 bridgehead atoms. The number of methoxy groups -OCH3 is 1. The van der Waals surface area contributed by atoms with Crippen molar-refractivity contribution in [3.05, 3.63) is 107 Å². The zero-order valence-electron chi connectivity index (χ0n) is 22.9. The molecule has 0 saturated carbocycles. The molecule has 0 spiro atoms. The van der Waals surface area contributed by atoms with Gasteiger partial charge in [-0.25, -0.2) is 9.59 Å². The third kappa shape index (κ3) is 7.98. The minimum atomic E-state index is -0.954. The van der Waals surface area contributed by atoms with Crippen LogP contribution in [-0.2, 0) is 25.5 Å². The van der Waals surface area contributed by atoms with E-state index in [9.17, 15) is 9.59 Å². The third-order valence-electron chi connectivity index (χ3n) is 5.87. The molecule has 3 aromatic rings. The van der Waals surface area contributed by atoms with Crippen molar-refractivity contribution in [3.8, 4) is 17.6 Å². The van der Waals surface area contributed by atoms with Crippen LogP contribution in [0, 0.1) is 17.3 Å². The number of ether oxygens (including phenoxy) is 3. The van der Waals surface area contributed by atoms with Gasteiger partial charge in [0.25, 0.3) is 0 Å². The van der Waals surface area contributed by atoms with E-state index in [-0.39, 0.29) is 24.6 Å². The summed E-state index contributed by atoms with van der Waals surface area (Å²) in [5.74, 6) is 5.61. The number of benzene rings is 3. The molecule has 40 heavy (non-hydrogen) atoms. The highest BCUT2D eigenvalue weighted by Crippen LogP contribution is 2.34. The molecule has 3 rings (SSSR count). The zero-order chi connectivity index (χ0) is 29.1. The molecular formula is C32H33N3O5. The zero-order valence-corrected chi connectivity index (χ0v) is 22.9. The number of carbonyl (C=O) groups is 2. The van der Waals surface area contributed by atoms with E-state index in [1.165, 1.54) is 7.11 Å². The Hall–Kier alpha value is -5.03. The fourth-order valence-electron chi connectivity index (χ4n) is 3.74. The Morgan fingerprint density at radius 3 is 2.35 bits per heavy atom. The number of hydrogen-bond donors (Lipinski definition) is 3. The monoisotopic (exact) mass is 539 g/mol. The van der Waals surface area contributed by atoms with Crippen LogP contribution in [0.4, 0.5) is 5.69 Å². The molecule has 1 atom stereocenters. The van der Waals surface area contributed by atoms with Gasteiger partial charge >= 0.3 is 11.9 Å². The van der Waals surface area contributed by atoms with Gasteiger partial charge in [-0.2, -0.15) is 0 Å². The number of aryl methyl sites for hydroxylation is 1. The first kappa shape index (κ1) is 29.5. The highest BCUT2D eigenvalue weighted by atomic mass is 16.6. The second-order valence-corrected chi connectivity index (χ2v) is 8.89. The number of anilines is 1. The Labute approximate surface area is 234 Å². The number of carbonyl (C=O) groups excluding carboxylic acids is 2. The maximum absolute atomic E-state index is 13.1. The van der Waals surface area contributed by atoms with Crippen molar-refractivity contribution < 1.29 is 23.8 Å². The molecule has 0 radical (unpaired) electrons. The molecule has 0 aliphatic rings. The van der Waals surface area contributed by atoms with E-state index in [1.807, 2.05) is 49.4 Å². The van der Waals surface area contributed by atoms with Crippen molar-refractivity contribution in [1.82, 2.24) is 0 Å². The molecule has 4 N–H and O–H groups in total. The summed E-state index contributed by atoms with van der Waals surface area (Å²) in [6.45, 7) is 7.17. The molecule has 1 unspecified atom stereocenters. The molecule has 0 amide bonds. The predicted molar refractivity (Wildman–Crippen MR) is 155 cm³/mol. The van der Waals surface area contributed by atoms with Crippen molar-refractivity contribution in [3.63, 3.8) is 0 Å². The first-order valence-electron chi connectivity index (χ1n) is 12.7. The first-order valence-corrected chi connectivity index (χ1v) is 12.7. The average Bonchev–Trinajstić information content (AvgIpc) is 2.97. The van der Waals surface area contributed by atoms with E-state index in [0.717, 1.165) is 11.1 Å². The summed E-state index contributed by atoms with van der Waals surface area (Å²) in [5.41, 5.74) is 9.89. The summed E-state index contributed by atoms with van der Waals surface area (Å²) in [5, 5.41) is 10.8. The Morgan fingerprint density at radius 2 is 1.75 bits per heavy atom. The quantitative estimate of drug-likeness (QED) is 0.0802. The van der Waals surface area contributed by atoms with Gasteiger partial charge in [-0.05, 0) is 67.4 Å². The average molecular weight is 540 g/mol. The number of esters is 2. The van der Waals surface area contributed by atoms with E-state index in [4.69, 9.17) is 25.4 Å². The highest BCUT2D eigenvalue weighted by Gasteiger charge is 2.27. The number of nitrogens with one attached hydrogen (secondary N) is 2. The molecule has 3 aromatic carbocycles. The molecule has 0 aliphatic carbocycles. The molecule has 206 valence electrons. The van der Waals surface area contributed by atoms with E-state index >= 15 is 0 Å². The molecule has 8 heteroatoms. The molecular weight excluding hydrogens is 506 g/mol. The van der Waals surface area contributed by atoms with Gasteiger partial charge < -0.3 is 25.3 Å². The smallest absolute Gasteiger partial charge is 0.333 e. The van der Waals surface area contributed by atoms with Gasteiger partial charge in [0.15, 0.2) is 6.04 Å². The van der Waals surface area contributed by atoms with Crippen molar-refractivity contribution >= 4 is 23.5 Å². The van der Waals surface area contributed by atoms with E-state index in [1.54, 1.807) is 31.2 Å². The maximum Gasteiger partial charge on any atom is 0.333 e. The second-order valence-electron chi connectivity index (χ2n) is 8.89. The normalized spacial score (nSPS) is 10.9. The molecule has 0 heterocycles. The van der Waals surface area contributed by atoms with Crippen LogP contribution < -0.4 is 15.8 Å². The molecule has 0 aromatic heterocycles. The molecule has 0 aliphatic heterocycles. The first-order chi connectivity index (χ1) is 19.2. The van der Waals surface area contributed by atoms with Crippen LogP contribution in [0.5, 0.6) is 5.75 Å². The van der Waals surface area contributed by atoms with Crippen LogP contribution >= 0.6 is 0 Å². The Kier molecular flexibility index (Phi) is 10.5. The van der Waals surface area contributed by atoms with Crippen molar-refractivity contribution in [2.24, 2.45) is 5.73 Å². The number of amidine groups is 1. The fourth-order valence-corrected chi connectivity index (χ4v) is 3.74. The van der Waals surface area contributed by atoms with Crippen molar-refractivity contribution in [2.75, 3.05) is 25.6 Å². The predicted octanol–water partition coefficient (Wildman–Crippen LogP) is 4.76. The summed E-state index contributed by atoms with van der Waals surface area (Å²) in [6.07, 6.45) is 0.685. The van der Waals surface area contributed by atoms with Gasteiger partial charge in [-0.3, -0.25) is 5.41 Å². The number of nitrogens with two attached hydrogens (primary N) is 1. The number of hydrogen-bond acceptors (Lipinski definition) is 7. The highest BCUT2D eigenvalue weighted by molar-refractivity contribution is 5.95. The minimum Gasteiger partial charge on any atom is -0.488 e. The number of rotatable bonds is 11. The lowest BCUT2D eigenvalue weighted by molar-refractivity contribution is -0.141. The van der Waals surface area contributed by atoms with Gasteiger partial charge in [0.05, 0.1) is 12.7 Å². The van der Waals surface area contributed by atoms with Gasteiger partial charge in [0.2, 0.25) is 0 Å². The number of nitrogen functional groups attached to an aromatic ring is 1. The van der Waals surface area contributed by atoms with Crippen LogP contribution in [0.25, 0.3) is 0 Å².